The van der Waals surface area contributed by atoms with Crippen molar-refractivity contribution < 1.29 is 19.0 Å². The average molecular weight is 503 g/mol. The summed E-state index contributed by atoms with van der Waals surface area (Å²) in [6.45, 7) is 13.9. The lowest BCUT2D eigenvalue weighted by Crippen LogP contribution is -2.37. The van der Waals surface area contributed by atoms with Gasteiger partial charge in [-0.15, -0.1) is 0 Å². The highest BCUT2D eigenvalue weighted by Gasteiger charge is 2.27. The Kier molecular flexibility index (Phi) is 7.02. The highest BCUT2D eigenvalue weighted by molar-refractivity contribution is 5.76. The van der Waals surface area contributed by atoms with Crippen LogP contribution < -0.4 is 15.0 Å². The maximum Gasteiger partial charge on any atom is 0.303 e. The Morgan fingerprint density at radius 2 is 1.78 bits per heavy atom. The minimum Gasteiger partial charge on any atom is -0.489 e. The van der Waals surface area contributed by atoms with Gasteiger partial charge in [-0.3, -0.25) is 4.79 Å². The van der Waals surface area contributed by atoms with Crippen LogP contribution >= 0.6 is 0 Å². The second-order valence-corrected chi connectivity index (χ2v) is 9.73. The molecule has 37 heavy (non-hydrogen) atoms. The lowest BCUT2D eigenvalue weighted by molar-refractivity contribution is -0.147. The number of nitrogens with zero attached hydrogens (tertiary/aromatic N) is 3. The highest BCUT2D eigenvalue weighted by atomic mass is 16.6. The third-order valence-electron chi connectivity index (χ3n) is 7.13. The molecule has 0 bridgehead atoms. The summed E-state index contributed by atoms with van der Waals surface area (Å²) in [6.07, 6.45) is -0.341. The molecule has 0 unspecified atom stereocenters. The fourth-order valence-electron chi connectivity index (χ4n) is 5.22. The summed E-state index contributed by atoms with van der Waals surface area (Å²) in [5.74, 6) is 1.23. The van der Waals surface area contributed by atoms with E-state index in [2.05, 4.69) is 50.0 Å². The van der Waals surface area contributed by atoms with E-state index >= 15 is 0 Å². The smallest absolute Gasteiger partial charge is 0.303 e. The summed E-state index contributed by atoms with van der Waals surface area (Å²) >= 11 is 0. The van der Waals surface area contributed by atoms with Gasteiger partial charge in [-0.25, -0.2) is 9.97 Å². The largest absolute Gasteiger partial charge is 0.489 e. The number of hydrogen-bond donors (Lipinski definition) is 1. The van der Waals surface area contributed by atoms with Gasteiger partial charge in [0.05, 0.1) is 24.6 Å². The number of rotatable bonds is 6. The van der Waals surface area contributed by atoms with Crippen LogP contribution in [0.1, 0.15) is 46.7 Å². The number of benzene rings is 2. The van der Waals surface area contributed by atoms with E-state index in [1.165, 1.54) is 29.2 Å². The molecule has 0 aliphatic carbocycles. The number of aryl methyl sites for hydroxylation is 3. The number of aromatic nitrogens is 2. The van der Waals surface area contributed by atoms with Crippen LogP contribution in [0, 0.1) is 27.7 Å². The van der Waals surface area contributed by atoms with E-state index in [-0.39, 0.29) is 12.1 Å². The van der Waals surface area contributed by atoms with Crippen LogP contribution in [0.4, 0.5) is 11.6 Å². The average Bonchev–Trinajstić information content (AvgIpc) is 3.26. The minimum absolute atomic E-state index is 0.305. The second kappa shape index (κ2) is 10.4. The molecule has 1 saturated heterocycles. The predicted molar refractivity (Wildman–Crippen MR) is 143 cm³/mol. The van der Waals surface area contributed by atoms with Crippen molar-refractivity contribution >= 4 is 17.6 Å². The van der Waals surface area contributed by atoms with Gasteiger partial charge in [0.2, 0.25) is 5.95 Å². The molecule has 2 aliphatic rings. The molecule has 194 valence electrons. The summed E-state index contributed by atoms with van der Waals surface area (Å²) in [7, 11) is 0. The topological polar surface area (TPSA) is 85.8 Å². The third kappa shape index (κ3) is 5.11. The van der Waals surface area contributed by atoms with Gasteiger partial charge in [0.25, 0.3) is 0 Å². The number of fused-ring (bicyclic) bond motifs is 1. The lowest BCUT2D eigenvalue weighted by atomic mass is 9.90. The van der Waals surface area contributed by atoms with Crippen molar-refractivity contribution in [3.63, 3.8) is 0 Å². The van der Waals surface area contributed by atoms with Gasteiger partial charge < -0.3 is 24.4 Å². The van der Waals surface area contributed by atoms with Gasteiger partial charge in [0.15, 0.2) is 6.10 Å². The molecule has 2 aromatic carbocycles. The molecule has 0 amide bonds. The molecular formula is C29H34N4O4. The normalized spacial score (nSPS) is 16.8. The van der Waals surface area contributed by atoms with Gasteiger partial charge in [-0.1, -0.05) is 12.1 Å². The van der Waals surface area contributed by atoms with Crippen LogP contribution in [0.15, 0.2) is 30.3 Å². The summed E-state index contributed by atoms with van der Waals surface area (Å²) in [5, 5.41) is 3.53. The van der Waals surface area contributed by atoms with Crippen molar-refractivity contribution in [2.45, 2.75) is 47.3 Å². The number of morpholine rings is 1. The molecule has 3 heterocycles. The van der Waals surface area contributed by atoms with Crippen molar-refractivity contribution in [3.8, 4) is 16.9 Å². The van der Waals surface area contributed by atoms with Gasteiger partial charge in [-0.05, 0) is 62.1 Å². The zero-order valence-electron chi connectivity index (χ0n) is 22.2. The second-order valence-electron chi connectivity index (χ2n) is 9.73. The fraction of sp³-hybridized carbons (Fsp3) is 0.414. The molecule has 1 atom stereocenters. The van der Waals surface area contributed by atoms with Crippen LogP contribution in [0.2, 0.25) is 0 Å². The SMILES string of the molecule is CC(=O)O[C@@H]1COc2cc(NCc3ccc(C)c(-c4c(C)nc(N5CCOCC5)nc4C)c3C)ccc21. The maximum atomic E-state index is 11.3. The first-order valence-corrected chi connectivity index (χ1v) is 12.8. The van der Waals surface area contributed by atoms with Gasteiger partial charge in [0, 0.05) is 49.4 Å². The van der Waals surface area contributed by atoms with Crippen molar-refractivity contribution in [1.82, 2.24) is 9.97 Å². The van der Waals surface area contributed by atoms with E-state index in [1.807, 2.05) is 18.2 Å². The number of carbonyl (C=O) groups is 1. The van der Waals surface area contributed by atoms with Crippen molar-refractivity contribution in [2.24, 2.45) is 0 Å². The molecule has 2 aliphatic heterocycles. The molecule has 8 heteroatoms. The number of hydrogen-bond acceptors (Lipinski definition) is 8. The molecule has 5 rings (SSSR count). The Morgan fingerprint density at radius 3 is 2.49 bits per heavy atom. The first-order chi connectivity index (χ1) is 17.8. The number of esters is 1. The van der Waals surface area contributed by atoms with Gasteiger partial charge in [-0.2, -0.15) is 0 Å². The minimum atomic E-state index is -0.341. The Morgan fingerprint density at radius 1 is 1.05 bits per heavy atom. The first-order valence-electron chi connectivity index (χ1n) is 12.8. The van der Waals surface area contributed by atoms with E-state index in [0.717, 1.165) is 53.0 Å². The molecule has 0 radical (unpaired) electrons. The zero-order chi connectivity index (χ0) is 26.1. The van der Waals surface area contributed by atoms with Gasteiger partial charge >= 0.3 is 5.97 Å². The lowest BCUT2D eigenvalue weighted by Gasteiger charge is -2.28. The van der Waals surface area contributed by atoms with Crippen molar-refractivity contribution in [1.29, 1.82) is 0 Å². The summed E-state index contributed by atoms with van der Waals surface area (Å²) in [5.41, 5.74) is 9.77. The van der Waals surface area contributed by atoms with Crippen LogP contribution in [-0.2, 0) is 20.8 Å². The Hall–Kier alpha value is -3.65. The van der Waals surface area contributed by atoms with Crippen molar-refractivity contribution in [3.05, 3.63) is 64.0 Å². The van der Waals surface area contributed by atoms with Crippen molar-refractivity contribution in [2.75, 3.05) is 43.1 Å². The number of ether oxygens (including phenoxy) is 3. The summed E-state index contributed by atoms with van der Waals surface area (Å²) in [4.78, 5) is 23.3. The van der Waals surface area contributed by atoms with Crippen LogP contribution in [-0.4, -0.2) is 48.8 Å². The summed E-state index contributed by atoms with van der Waals surface area (Å²) < 4.78 is 16.6. The third-order valence-corrected chi connectivity index (χ3v) is 7.13. The molecular weight excluding hydrogens is 468 g/mol. The Balaban J connectivity index is 1.38. The fourth-order valence-corrected chi connectivity index (χ4v) is 5.22. The molecule has 1 aromatic heterocycles. The number of nitrogens with one attached hydrogen (secondary N) is 1. The number of carbonyl (C=O) groups excluding carboxylic acids is 1. The van der Waals surface area contributed by atoms with E-state index in [4.69, 9.17) is 24.2 Å². The highest BCUT2D eigenvalue weighted by Crippen LogP contribution is 2.37. The molecule has 0 saturated carbocycles. The molecule has 1 fully saturated rings. The van der Waals surface area contributed by atoms with Crippen LogP contribution in [0.5, 0.6) is 5.75 Å². The summed E-state index contributed by atoms with van der Waals surface area (Å²) in [6, 6.07) is 10.3. The van der Waals surface area contributed by atoms with E-state index < -0.39 is 0 Å². The quantitative estimate of drug-likeness (QED) is 0.480. The first kappa shape index (κ1) is 25.0. The van der Waals surface area contributed by atoms with Crippen LogP contribution in [0.25, 0.3) is 11.1 Å². The maximum absolute atomic E-state index is 11.3. The van der Waals surface area contributed by atoms with E-state index in [0.29, 0.717) is 26.4 Å². The Labute approximate surface area is 218 Å². The molecule has 1 N–H and O–H groups in total. The van der Waals surface area contributed by atoms with E-state index in [1.54, 1.807) is 0 Å². The predicted octanol–water partition coefficient (Wildman–Crippen LogP) is 4.82. The Bertz CT molecular complexity index is 1310. The van der Waals surface area contributed by atoms with E-state index in [9.17, 15) is 4.79 Å². The van der Waals surface area contributed by atoms with Crippen LogP contribution in [0.3, 0.4) is 0 Å². The zero-order valence-corrected chi connectivity index (χ0v) is 22.2. The van der Waals surface area contributed by atoms with Gasteiger partial charge in [0.1, 0.15) is 12.4 Å². The standard InChI is InChI=1S/C29H34N4O4/c1-17-6-7-22(15-30-23-8-9-24-25(14-23)36-16-26(24)37-21(5)34)18(2)27(17)28-19(3)31-29(32-20(28)4)33-10-12-35-13-11-33/h6-9,14,26,30H,10-13,15-16H2,1-5H3/t26-/m1/s1. The molecule has 3 aromatic rings. The molecule has 0 spiro atoms. The monoisotopic (exact) mass is 502 g/mol. The molecule has 8 nitrogen and oxygen atoms in total. The number of anilines is 2.